The molecule has 0 saturated carbocycles. The number of ether oxygens (including phenoxy) is 1. The van der Waals surface area contributed by atoms with Crippen LogP contribution in [0.3, 0.4) is 0 Å². The van der Waals surface area contributed by atoms with Crippen molar-refractivity contribution in [2.45, 2.75) is 63.5 Å². The van der Waals surface area contributed by atoms with Crippen molar-refractivity contribution >= 4 is 24.1 Å². The van der Waals surface area contributed by atoms with Gasteiger partial charge in [0.1, 0.15) is 23.9 Å². The van der Waals surface area contributed by atoms with Crippen LogP contribution in [0.25, 0.3) is 0 Å². The molecule has 0 bridgehead atoms. The molecule has 3 amide bonds. The summed E-state index contributed by atoms with van der Waals surface area (Å²) >= 11 is 0. The molecule has 2 rings (SSSR count). The second-order valence-corrected chi connectivity index (χ2v) is 7.71. The van der Waals surface area contributed by atoms with Crippen LogP contribution in [-0.2, 0) is 14.3 Å². The molecule has 3 N–H and O–H groups in total. The van der Waals surface area contributed by atoms with Crippen molar-refractivity contribution in [1.82, 2.24) is 15.1 Å². The number of alkyl halides is 1. The Morgan fingerprint density at radius 3 is 2.15 bits per heavy atom. The van der Waals surface area contributed by atoms with Gasteiger partial charge in [0.2, 0.25) is 5.91 Å². The number of amides is 3. The quantitative estimate of drug-likeness (QED) is 0.645. The number of carboxylic acid groups (broad SMARTS) is 2. The SMILES string of the molecule is CC(C)(C)OC(=O)N1C[C@@H](F)C[C@H]1C(=O)N[C@@H]1C[C@H](C(=O)O)N(C(=O)O)C1. The Bertz CT molecular complexity index is 614. The van der Waals surface area contributed by atoms with E-state index in [1.165, 1.54) is 0 Å². The molecular formula is C16H24FN3O7. The number of nitrogens with zero attached hydrogens (tertiary/aromatic N) is 2. The number of halogens is 1. The molecule has 2 heterocycles. The van der Waals surface area contributed by atoms with Crippen molar-refractivity contribution in [2.75, 3.05) is 13.1 Å². The van der Waals surface area contributed by atoms with Crippen molar-refractivity contribution in [2.24, 2.45) is 0 Å². The van der Waals surface area contributed by atoms with E-state index < -0.39 is 54.0 Å². The molecule has 4 atom stereocenters. The molecule has 0 aromatic heterocycles. The fraction of sp³-hybridized carbons (Fsp3) is 0.750. The van der Waals surface area contributed by atoms with E-state index in [9.17, 15) is 23.6 Å². The lowest BCUT2D eigenvalue weighted by atomic mass is 10.1. The molecule has 0 unspecified atom stereocenters. The van der Waals surface area contributed by atoms with E-state index in [2.05, 4.69) is 5.32 Å². The lowest BCUT2D eigenvalue weighted by Crippen LogP contribution is -2.50. The fourth-order valence-electron chi connectivity index (χ4n) is 3.24. The molecule has 152 valence electrons. The van der Waals surface area contributed by atoms with Gasteiger partial charge in [-0.1, -0.05) is 0 Å². The standard InChI is InChI=1S/C16H24FN3O7/c1-16(2,3)27-15(26)20-6-8(17)4-10(20)12(21)18-9-5-11(13(22)23)19(7-9)14(24)25/h8-11H,4-7H2,1-3H3,(H,18,21)(H,22,23)(H,24,25)/t8-,9+,10-,11+/m0/s1. The molecule has 0 aromatic rings. The van der Waals surface area contributed by atoms with Crippen LogP contribution < -0.4 is 5.32 Å². The minimum absolute atomic E-state index is 0.106. The van der Waals surface area contributed by atoms with Gasteiger partial charge in [-0.2, -0.15) is 0 Å². The normalized spacial score (nSPS) is 28.1. The number of carboxylic acids is 1. The van der Waals surface area contributed by atoms with E-state index in [1.807, 2.05) is 0 Å². The van der Waals surface area contributed by atoms with E-state index >= 15 is 0 Å². The van der Waals surface area contributed by atoms with Gasteiger partial charge in [0.25, 0.3) is 0 Å². The third kappa shape index (κ3) is 4.98. The molecule has 2 aliphatic heterocycles. The Labute approximate surface area is 155 Å². The zero-order valence-corrected chi connectivity index (χ0v) is 15.3. The van der Waals surface area contributed by atoms with Crippen molar-refractivity contribution in [3.63, 3.8) is 0 Å². The van der Waals surface area contributed by atoms with Crippen LogP contribution in [0.1, 0.15) is 33.6 Å². The number of aliphatic carboxylic acids is 1. The maximum atomic E-state index is 13.8. The number of rotatable bonds is 3. The van der Waals surface area contributed by atoms with Gasteiger partial charge in [-0.25, -0.2) is 18.8 Å². The van der Waals surface area contributed by atoms with Gasteiger partial charge in [0, 0.05) is 25.4 Å². The average molecular weight is 389 g/mol. The lowest BCUT2D eigenvalue weighted by molar-refractivity contribution is -0.141. The van der Waals surface area contributed by atoms with Gasteiger partial charge in [0.05, 0.1) is 6.54 Å². The summed E-state index contributed by atoms with van der Waals surface area (Å²) in [6.45, 7) is 4.46. The molecule has 27 heavy (non-hydrogen) atoms. The summed E-state index contributed by atoms with van der Waals surface area (Å²) in [5, 5.41) is 20.7. The van der Waals surface area contributed by atoms with E-state index in [1.54, 1.807) is 20.8 Å². The maximum Gasteiger partial charge on any atom is 0.411 e. The summed E-state index contributed by atoms with van der Waals surface area (Å²) in [5.41, 5.74) is -0.811. The van der Waals surface area contributed by atoms with Gasteiger partial charge < -0.3 is 20.3 Å². The van der Waals surface area contributed by atoms with E-state index in [0.717, 1.165) is 9.80 Å². The van der Waals surface area contributed by atoms with Crippen LogP contribution >= 0.6 is 0 Å². The molecule has 2 fully saturated rings. The monoisotopic (exact) mass is 389 g/mol. The van der Waals surface area contributed by atoms with Crippen LogP contribution in [0.15, 0.2) is 0 Å². The summed E-state index contributed by atoms with van der Waals surface area (Å²) in [4.78, 5) is 48.8. The molecule has 11 heteroatoms. The second-order valence-electron chi connectivity index (χ2n) is 7.71. The smallest absolute Gasteiger partial charge is 0.411 e. The third-order valence-corrected chi connectivity index (χ3v) is 4.36. The molecule has 2 aliphatic rings. The predicted octanol–water partition coefficient (Wildman–Crippen LogP) is 0.656. The van der Waals surface area contributed by atoms with Crippen LogP contribution in [-0.4, -0.2) is 87.1 Å². The summed E-state index contributed by atoms with van der Waals surface area (Å²) in [7, 11) is 0. The summed E-state index contributed by atoms with van der Waals surface area (Å²) < 4.78 is 19.0. The zero-order valence-electron chi connectivity index (χ0n) is 15.3. The molecule has 0 aromatic carbocycles. The lowest BCUT2D eigenvalue weighted by Gasteiger charge is -2.28. The number of nitrogens with one attached hydrogen (secondary N) is 1. The highest BCUT2D eigenvalue weighted by Crippen LogP contribution is 2.25. The first-order chi connectivity index (χ1) is 12.4. The highest BCUT2D eigenvalue weighted by Gasteiger charge is 2.45. The predicted molar refractivity (Wildman–Crippen MR) is 88.9 cm³/mol. The van der Waals surface area contributed by atoms with Crippen molar-refractivity contribution in [1.29, 1.82) is 0 Å². The van der Waals surface area contributed by atoms with Gasteiger partial charge in [-0.05, 0) is 20.8 Å². The summed E-state index contributed by atoms with van der Waals surface area (Å²) in [6, 6.07) is -3.11. The van der Waals surface area contributed by atoms with Gasteiger partial charge in [-0.15, -0.1) is 0 Å². The van der Waals surface area contributed by atoms with Gasteiger partial charge in [-0.3, -0.25) is 14.6 Å². The molecule has 0 spiro atoms. The van der Waals surface area contributed by atoms with Crippen LogP contribution in [0.5, 0.6) is 0 Å². The Morgan fingerprint density at radius 2 is 1.67 bits per heavy atom. The topological polar surface area (TPSA) is 136 Å². The number of hydrogen-bond donors (Lipinski definition) is 3. The highest BCUT2D eigenvalue weighted by molar-refractivity contribution is 5.87. The molecule has 0 radical (unpaired) electrons. The van der Waals surface area contributed by atoms with Crippen LogP contribution in [0, 0.1) is 0 Å². The van der Waals surface area contributed by atoms with Gasteiger partial charge >= 0.3 is 18.2 Å². The molecule has 0 aliphatic carbocycles. The Balaban J connectivity index is 2.04. The minimum atomic E-state index is -1.40. The number of likely N-dealkylation sites (tertiary alicyclic amines) is 2. The average Bonchev–Trinajstić information content (AvgIpc) is 3.09. The fourth-order valence-corrected chi connectivity index (χ4v) is 3.24. The molecular weight excluding hydrogens is 365 g/mol. The molecule has 2 saturated heterocycles. The van der Waals surface area contributed by atoms with Crippen molar-refractivity contribution < 1.29 is 38.5 Å². The third-order valence-electron chi connectivity index (χ3n) is 4.36. The summed E-state index contributed by atoms with van der Waals surface area (Å²) in [6.07, 6.45) is -3.92. The first kappa shape index (κ1) is 20.7. The highest BCUT2D eigenvalue weighted by atomic mass is 19.1. The van der Waals surface area contributed by atoms with E-state index in [-0.39, 0.29) is 25.9 Å². The number of hydrogen-bond acceptors (Lipinski definition) is 5. The second kappa shape index (κ2) is 7.57. The van der Waals surface area contributed by atoms with Crippen molar-refractivity contribution in [3.8, 4) is 0 Å². The zero-order chi connectivity index (χ0) is 20.5. The maximum absolute atomic E-state index is 13.8. The van der Waals surface area contributed by atoms with Crippen LogP contribution in [0.4, 0.5) is 14.0 Å². The number of carbonyl (C=O) groups is 4. The first-order valence-corrected chi connectivity index (χ1v) is 8.55. The van der Waals surface area contributed by atoms with E-state index in [0.29, 0.717) is 0 Å². The van der Waals surface area contributed by atoms with Crippen LogP contribution in [0.2, 0.25) is 0 Å². The van der Waals surface area contributed by atoms with E-state index in [4.69, 9.17) is 14.9 Å². The summed E-state index contributed by atoms with van der Waals surface area (Å²) in [5.74, 6) is -1.98. The largest absolute Gasteiger partial charge is 0.480 e. The van der Waals surface area contributed by atoms with Crippen molar-refractivity contribution in [3.05, 3.63) is 0 Å². The first-order valence-electron chi connectivity index (χ1n) is 8.55. The Hall–Kier alpha value is -2.59. The molecule has 10 nitrogen and oxygen atoms in total. The number of carbonyl (C=O) groups excluding carboxylic acids is 2. The Morgan fingerprint density at radius 1 is 1.04 bits per heavy atom. The van der Waals surface area contributed by atoms with Gasteiger partial charge in [0.15, 0.2) is 0 Å². The Kier molecular flexibility index (Phi) is 5.81. The minimum Gasteiger partial charge on any atom is -0.480 e.